The highest BCUT2D eigenvalue weighted by molar-refractivity contribution is 5.98. The molecule has 384 valence electrons. The van der Waals surface area contributed by atoms with Gasteiger partial charge in [-0.2, -0.15) is 13.2 Å². The molecule has 3 atom stereocenters. The molecule has 3 N–H and O–H groups in total. The van der Waals surface area contributed by atoms with Crippen molar-refractivity contribution >= 4 is 45.3 Å². The number of hydrogen-bond donors (Lipinski definition) is 2. The number of carbonyl (C=O) groups excluding carboxylic acids is 3. The summed E-state index contributed by atoms with van der Waals surface area (Å²) in [6, 6.07) is 7.12. The summed E-state index contributed by atoms with van der Waals surface area (Å²) >= 11 is 0. The average Bonchev–Trinajstić information content (AvgIpc) is 3.37. The number of nitrogens with zero attached hydrogens (tertiary/aromatic N) is 9. The van der Waals surface area contributed by atoms with Crippen LogP contribution in [0.15, 0.2) is 105 Å². The summed E-state index contributed by atoms with van der Waals surface area (Å²) in [7, 11) is 5.41. The normalized spacial score (nSPS) is 14.3. The molecular weight excluding hydrogens is 967 g/mol. The number of amides is 1. The minimum Gasteiger partial charge on any atom is -0.468 e. The number of pyridine rings is 4. The number of benzene rings is 1. The minimum absolute atomic E-state index is 0. The van der Waals surface area contributed by atoms with Crippen LogP contribution in [-0.4, -0.2) is 114 Å². The lowest BCUT2D eigenvalue weighted by Crippen LogP contribution is -2.53. The van der Waals surface area contributed by atoms with E-state index in [1.807, 2.05) is 0 Å². The number of halogens is 4. The number of anilines is 1. The van der Waals surface area contributed by atoms with Crippen molar-refractivity contribution < 1.29 is 46.2 Å². The van der Waals surface area contributed by atoms with Crippen LogP contribution in [0.3, 0.4) is 0 Å². The number of ether oxygens (including phenoxy) is 3. The molecule has 0 aliphatic carbocycles. The predicted octanol–water partition coefficient (Wildman–Crippen LogP) is 2.37. The molecule has 0 unspecified atom stereocenters. The maximum absolute atomic E-state index is 15.3. The Kier molecular flexibility index (Phi) is 16.5. The zero-order valence-electron chi connectivity index (χ0n) is 39.0. The van der Waals surface area contributed by atoms with E-state index >= 15 is 4.39 Å². The van der Waals surface area contributed by atoms with Gasteiger partial charge in [0, 0.05) is 57.5 Å². The van der Waals surface area contributed by atoms with Crippen LogP contribution in [0.1, 0.15) is 34.5 Å². The first-order valence-electron chi connectivity index (χ1n) is 21.7. The van der Waals surface area contributed by atoms with Crippen molar-refractivity contribution in [3.8, 4) is 11.6 Å². The van der Waals surface area contributed by atoms with Gasteiger partial charge in [0.1, 0.15) is 35.6 Å². The lowest BCUT2D eigenvalue weighted by atomic mass is 10.0. The Labute approximate surface area is 411 Å². The van der Waals surface area contributed by atoms with E-state index in [0.717, 1.165) is 27.2 Å². The van der Waals surface area contributed by atoms with Gasteiger partial charge in [0.05, 0.1) is 67.2 Å². The van der Waals surface area contributed by atoms with Gasteiger partial charge >= 0.3 is 29.5 Å². The summed E-state index contributed by atoms with van der Waals surface area (Å²) in [6.07, 6.45) is 4.00. The van der Waals surface area contributed by atoms with E-state index in [4.69, 9.17) is 15.2 Å². The number of carbonyl (C=O) groups is 3. The Bertz CT molecular complexity index is 3430. The first-order valence-corrected chi connectivity index (χ1v) is 21.7. The van der Waals surface area contributed by atoms with E-state index in [-0.39, 0.29) is 61.7 Å². The zero-order valence-corrected chi connectivity index (χ0v) is 39.0. The van der Waals surface area contributed by atoms with Crippen LogP contribution in [-0.2, 0) is 50.7 Å². The van der Waals surface area contributed by atoms with Gasteiger partial charge in [-0.1, -0.05) is 19.6 Å². The lowest BCUT2D eigenvalue weighted by molar-refractivity contribution is -0.167. The van der Waals surface area contributed by atoms with Crippen LogP contribution in [0.5, 0.6) is 0 Å². The van der Waals surface area contributed by atoms with Crippen LogP contribution in [0, 0.1) is 12.7 Å². The van der Waals surface area contributed by atoms with Gasteiger partial charge in [0.25, 0.3) is 17.0 Å². The lowest BCUT2D eigenvalue weighted by Gasteiger charge is -2.38. The number of aromatic nitrogens is 8. The summed E-state index contributed by atoms with van der Waals surface area (Å²) in [5.41, 5.74) is 4.85. The second-order valence-electron chi connectivity index (χ2n) is 16.3. The standard InChI is InChI=1S/C30H28F4N6O6.C17H17N5O4.CH4/c1-16-10-18(39-8-9-46-15-23(39)30(32,33)34)12-20(31)25(16)26(41)37-21(28(43)45-3)11-17-4-5-24(36-13-17)40-27(42)19-6-7-35-14-22(19)38(2)29(40)44;1-21-13-9-19-6-5-11(13)15(23)22(17(21)25)14-4-3-10(8-20-14)7-12(18)16(24)26-2;/h4-7,10,12-14,21,23H,8-9,11,15H2,1-3H3,(H,37,41);3-6,8-9,12H,7,18H2,1-2H3;1H4/t21-,23+;12-;/m00./s1. The third-order valence-corrected chi connectivity index (χ3v) is 11.8. The van der Waals surface area contributed by atoms with Crippen molar-refractivity contribution in [1.82, 2.24) is 43.5 Å². The number of hydrogen-bond acceptors (Lipinski definition) is 16. The van der Waals surface area contributed by atoms with E-state index in [0.29, 0.717) is 27.5 Å². The van der Waals surface area contributed by atoms with Crippen molar-refractivity contribution in [3.05, 3.63) is 155 Å². The first-order chi connectivity index (χ1) is 34.2. The van der Waals surface area contributed by atoms with Gasteiger partial charge in [-0.25, -0.2) is 37.9 Å². The topological polar surface area (TPSA) is 260 Å². The van der Waals surface area contributed by atoms with Gasteiger partial charge in [0.15, 0.2) is 0 Å². The number of nitrogens with two attached hydrogens (primary N) is 1. The zero-order chi connectivity index (χ0) is 52.2. The Hall–Kier alpha value is -8.45. The van der Waals surface area contributed by atoms with Crippen molar-refractivity contribution in [2.75, 3.05) is 38.9 Å². The number of nitrogens with one attached hydrogen (secondary N) is 1. The fourth-order valence-corrected chi connectivity index (χ4v) is 7.99. The molecule has 73 heavy (non-hydrogen) atoms. The van der Waals surface area contributed by atoms with E-state index < -0.39 is 82.6 Å². The molecule has 1 aliphatic heterocycles. The smallest absolute Gasteiger partial charge is 0.411 e. The molecule has 1 aromatic carbocycles. The molecule has 0 spiro atoms. The molecule has 0 saturated carbocycles. The van der Waals surface area contributed by atoms with E-state index in [2.05, 4.69) is 30.0 Å². The number of methoxy groups -OCH3 is 2. The highest BCUT2D eigenvalue weighted by Gasteiger charge is 2.46. The minimum atomic E-state index is -4.63. The number of esters is 2. The molecule has 0 radical (unpaired) electrons. The van der Waals surface area contributed by atoms with Crippen molar-refractivity contribution in [1.29, 1.82) is 0 Å². The quantitative estimate of drug-likeness (QED) is 0.139. The average molecular weight is 1020 g/mol. The fourth-order valence-electron chi connectivity index (χ4n) is 7.99. The molecule has 1 amide bonds. The number of fused-ring (bicyclic) bond motifs is 2. The van der Waals surface area contributed by atoms with Crippen LogP contribution >= 0.6 is 0 Å². The number of alkyl halides is 3. The predicted molar refractivity (Wildman–Crippen MR) is 257 cm³/mol. The maximum Gasteiger partial charge on any atom is 0.411 e. The SMILES string of the molecule is C.COC(=O)[C@@H](N)Cc1ccc(-n2c(=O)c3ccncc3n(C)c2=O)nc1.COC(=O)[C@H](Cc1ccc(-n2c(=O)c3ccncc3n(C)c2=O)nc1)NC(=O)c1c(C)cc(N2CCOC[C@@H]2C(F)(F)F)cc1F. The summed E-state index contributed by atoms with van der Waals surface area (Å²) in [5.74, 6) is -3.25. The van der Waals surface area contributed by atoms with E-state index in [9.17, 15) is 46.7 Å². The molecule has 7 heterocycles. The third kappa shape index (κ3) is 11.2. The highest BCUT2D eigenvalue weighted by atomic mass is 19.4. The Morgan fingerprint density at radius 1 is 0.795 bits per heavy atom. The van der Waals surface area contributed by atoms with Crippen molar-refractivity contribution in [2.24, 2.45) is 19.8 Å². The Morgan fingerprint density at radius 2 is 1.32 bits per heavy atom. The van der Waals surface area contributed by atoms with Crippen LogP contribution in [0.4, 0.5) is 23.2 Å². The van der Waals surface area contributed by atoms with Crippen molar-refractivity contribution in [2.45, 2.75) is 51.5 Å². The van der Waals surface area contributed by atoms with E-state index in [1.165, 1.54) is 97.7 Å². The molecule has 0 bridgehead atoms. The van der Waals surface area contributed by atoms with Gasteiger partial charge in [-0.05, 0) is 66.4 Å². The number of rotatable bonds is 11. The molecular formula is C48H49F4N11O10. The summed E-state index contributed by atoms with van der Waals surface area (Å²) in [6.45, 7) is 0.638. The molecule has 1 aliphatic rings. The second-order valence-corrected chi connectivity index (χ2v) is 16.3. The number of aryl methyl sites for hydroxylation is 3. The molecule has 25 heteroatoms. The molecule has 6 aromatic heterocycles. The molecule has 8 rings (SSSR count). The third-order valence-electron chi connectivity index (χ3n) is 11.8. The highest BCUT2D eigenvalue weighted by Crippen LogP contribution is 2.33. The van der Waals surface area contributed by atoms with Crippen LogP contribution < -0.4 is 38.4 Å². The van der Waals surface area contributed by atoms with Crippen molar-refractivity contribution in [3.63, 3.8) is 0 Å². The summed E-state index contributed by atoms with van der Waals surface area (Å²) < 4.78 is 74.9. The Morgan fingerprint density at radius 3 is 1.78 bits per heavy atom. The van der Waals surface area contributed by atoms with E-state index in [1.54, 1.807) is 19.2 Å². The number of morpholine rings is 1. The fraction of sp³-hybridized carbons (Fsp3) is 0.312. The van der Waals surface area contributed by atoms with Gasteiger partial charge < -0.3 is 30.2 Å². The summed E-state index contributed by atoms with van der Waals surface area (Å²) in [4.78, 5) is 106. The largest absolute Gasteiger partial charge is 0.468 e. The Balaban J connectivity index is 0.000000273. The molecule has 21 nitrogen and oxygen atoms in total. The molecule has 1 saturated heterocycles. The second kappa shape index (κ2) is 22.3. The monoisotopic (exact) mass is 1020 g/mol. The van der Waals surface area contributed by atoms with Gasteiger partial charge in [0.2, 0.25) is 0 Å². The molecule has 1 fully saturated rings. The summed E-state index contributed by atoms with van der Waals surface area (Å²) in [5, 5.41) is 3.04. The van der Waals surface area contributed by atoms with Crippen LogP contribution in [0.2, 0.25) is 0 Å². The van der Waals surface area contributed by atoms with Gasteiger partial charge in [-0.15, -0.1) is 0 Å². The maximum atomic E-state index is 15.3. The first kappa shape index (κ1) is 53.9. The molecule has 7 aromatic rings. The van der Waals surface area contributed by atoms with Crippen LogP contribution in [0.25, 0.3) is 33.4 Å². The van der Waals surface area contributed by atoms with Gasteiger partial charge in [-0.3, -0.25) is 38.3 Å².